The van der Waals surface area contributed by atoms with Gasteiger partial charge in [0, 0.05) is 22.8 Å². The summed E-state index contributed by atoms with van der Waals surface area (Å²) < 4.78 is 1.31. The molecule has 3 heterocycles. The van der Waals surface area contributed by atoms with E-state index in [1.54, 1.807) is 29.3 Å². The molecule has 0 fully saturated rings. The summed E-state index contributed by atoms with van der Waals surface area (Å²) in [6.45, 7) is 4.20. The maximum absolute atomic E-state index is 4.61. The lowest BCUT2D eigenvalue weighted by atomic mass is 10.1. The maximum Gasteiger partial charge on any atom is 0.133 e. The van der Waals surface area contributed by atoms with Crippen molar-refractivity contribution in [2.75, 3.05) is 6.26 Å². The van der Waals surface area contributed by atoms with E-state index in [2.05, 4.69) is 33.7 Å². The molecule has 0 spiro atoms. The van der Waals surface area contributed by atoms with Crippen LogP contribution in [0.1, 0.15) is 11.3 Å². The number of aryl methyl sites for hydroxylation is 1. The van der Waals surface area contributed by atoms with Gasteiger partial charge in [0.25, 0.3) is 0 Å². The van der Waals surface area contributed by atoms with E-state index in [0.717, 1.165) is 16.4 Å². The molecular formula is C13H13N3S3. The maximum atomic E-state index is 4.61. The molecule has 3 nitrogen and oxygen atoms in total. The average Bonchev–Trinajstić information content (AvgIpc) is 3.08. The summed E-state index contributed by atoms with van der Waals surface area (Å²) in [7, 11) is 0. The van der Waals surface area contributed by atoms with Gasteiger partial charge in [0.2, 0.25) is 0 Å². The topological polar surface area (TPSA) is 41.6 Å². The van der Waals surface area contributed by atoms with Crippen molar-refractivity contribution in [3.8, 4) is 21.1 Å². The number of H-pyrrole nitrogens is 1. The van der Waals surface area contributed by atoms with Crippen molar-refractivity contribution >= 4 is 34.4 Å². The quantitative estimate of drug-likeness (QED) is 0.719. The SMILES string of the molecule is CSc1sc(-c2nc(C)cs2)c(C)c1-c1ccn[nH]1. The van der Waals surface area contributed by atoms with Crippen LogP contribution >= 0.6 is 34.4 Å². The molecule has 98 valence electrons. The molecule has 0 amide bonds. The highest BCUT2D eigenvalue weighted by Gasteiger charge is 2.19. The van der Waals surface area contributed by atoms with E-state index < -0.39 is 0 Å². The van der Waals surface area contributed by atoms with Crippen molar-refractivity contribution in [2.24, 2.45) is 0 Å². The van der Waals surface area contributed by atoms with Gasteiger partial charge in [-0.25, -0.2) is 4.98 Å². The Morgan fingerprint density at radius 3 is 2.74 bits per heavy atom. The number of aromatic amines is 1. The van der Waals surface area contributed by atoms with Gasteiger partial charge in [-0.1, -0.05) is 0 Å². The molecule has 0 atom stereocenters. The van der Waals surface area contributed by atoms with E-state index in [9.17, 15) is 0 Å². The monoisotopic (exact) mass is 307 g/mol. The lowest BCUT2D eigenvalue weighted by Crippen LogP contribution is -1.82. The number of aromatic nitrogens is 3. The number of hydrogen-bond acceptors (Lipinski definition) is 5. The van der Waals surface area contributed by atoms with Crippen LogP contribution in [0.25, 0.3) is 21.1 Å². The molecule has 6 heteroatoms. The third-order valence-corrected chi connectivity index (χ3v) is 6.41. The van der Waals surface area contributed by atoms with E-state index in [-0.39, 0.29) is 0 Å². The number of thioether (sulfide) groups is 1. The molecule has 3 aromatic rings. The summed E-state index contributed by atoms with van der Waals surface area (Å²) in [4.78, 5) is 5.88. The summed E-state index contributed by atoms with van der Waals surface area (Å²) in [5, 5.41) is 10.3. The Kier molecular flexibility index (Phi) is 3.47. The second kappa shape index (κ2) is 5.11. The van der Waals surface area contributed by atoms with Gasteiger partial charge in [0.05, 0.1) is 14.8 Å². The summed E-state index contributed by atoms with van der Waals surface area (Å²) >= 11 is 5.30. The fourth-order valence-corrected chi connectivity index (χ4v) is 5.05. The van der Waals surface area contributed by atoms with Crippen LogP contribution in [0.15, 0.2) is 21.9 Å². The first-order chi connectivity index (χ1) is 9.20. The molecule has 1 N–H and O–H groups in total. The Balaban J connectivity index is 2.18. The minimum Gasteiger partial charge on any atom is -0.278 e. The van der Waals surface area contributed by atoms with Crippen LogP contribution in [0, 0.1) is 13.8 Å². The van der Waals surface area contributed by atoms with Crippen molar-refractivity contribution in [3.63, 3.8) is 0 Å². The Labute approximate surface area is 124 Å². The normalized spacial score (nSPS) is 11.1. The van der Waals surface area contributed by atoms with Gasteiger partial charge in [-0.05, 0) is 31.7 Å². The van der Waals surface area contributed by atoms with E-state index >= 15 is 0 Å². The van der Waals surface area contributed by atoms with Crippen LogP contribution in [0.2, 0.25) is 0 Å². The molecule has 3 aromatic heterocycles. The standard InChI is InChI=1S/C13H13N3S3/c1-7-6-18-12(15-7)11-8(2)10(13(17-3)19-11)9-4-5-14-16-9/h4-6H,1-3H3,(H,14,16). The van der Waals surface area contributed by atoms with Gasteiger partial charge in [0.15, 0.2) is 0 Å². The first-order valence-corrected chi connectivity index (χ1v) is 8.72. The third-order valence-electron chi connectivity index (χ3n) is 2.88. The van der Waals surface area contributed by atoms with Crippen LogP contribution in [0.5, 0.6) is 0 Å². The van der Waals surface area contributed by atoms with Crippen molar-refractivity contribution in [3.05, 3.63) is 28.9 Å². The molecule has 0 saturated heterocycles. The highest BCUT2D eigenvalue weighted by Crippen LogP contribution is 2.45. The van der Waals surface area contributed by atoms with Crippen LogP contribution < -0.4 is 0 Å². The smallest absolute Gasteiger partial charge is 0.133 e. The van der Waals surface area contributed by atoms with Gasteiger partial charge in [-0.2, -0.15) is 5.10 Å². The van der Waals surface area contributed by atoms with Crippen LogP contribution in [-0.4, -0.2) is 21.4 Å². The van der Waals surface area contributed by atoms with E-state index in [4.69, 9.17) is 0 Å². The number of nitrogens with zero attached hydrogens (tertiary/aromatic N) is 2. The van der Waals surface area contributed by atoms with E-state index in [0.29, 0.717) is 0 Å². The molecule has 0 saturated carbocycles. The molecule has 3 rings (SSSR count). The van der Waals surface area contributed by atoms with Gasteiger partial charge in [-0.15, -0.1) is 34.4 Å². The van der Waals surface area contributed by atoms with Gasteiger partial charge in [-0.3, -0.25) is 5.10 Å². The zero-order chi connectivity index (χ0) is 13.4. The Hall–Kier alpha value is -1.11. The predicted octanol–water partition coefficient (Wildman–Crippen LogP) is 4.60. The van der Waals surface area contributed by atoms with Gasteiger partial charge >= 0.3 is 0 Å². The molecule has 0 aromatic carbocycles. The first kappa shape index (κ1) is 12.9. The lowest BCUT2D eigenvalue weighted by Gasteiger charge is -2.00. The fraction of sp³-hybridized carbons (Fsp3) is 0.231. The zero-order valence-electron chi connectivity index (χ0n) is 10.9. The molecular weight excluding hydrogens is 294 g/mol. The first-order valence-electron chi connectivity index (χ1n) is 5.80. The van der Waals surface area contributed by atoms with Crippen LogP contribution in [0.4, 0.5) is 0 Å². The predicted molar refractivity (Wildman–Crippen MR) is 84.3 cm³/mol. The van der Waals surface area contributed by atoms with Gasteiger partial charge in [0.1, 0.15) is 5.01 Å². The van der Waals surface area contributed by atoms with E-state index in [1.165, 1.54) is 20.2 Å². The highest BCUT2D eigenvalue weighted by atomic mass is 32.2. The summed E-state index contributed by atoms with van der Waals surface area (Å²) in [5.74, 6) is 0. The molecule has 19 heavy (non-hydrogen) atoms. The highest BCUT2D eigenvalue weighted by molar-refractivity contribution is 8.00. The van der Waals surface area contributed by atoms with Crippen molar-refractivity contribution in [1.82, 2.24) is 15.2 Å². The minimum atomic E-state index is 1.08. The summed E-state index contributed by atoms with van der Waals surface area (Å²) in [6.07, 6.45) is 3.91. The third kappa shape index (κ3) is 2.24. The largest absolute Gasteiger partial charge is 0.278 e. The molecule has 0 unspecified atom stereocenters. The molecule has 0 aliphatic heterocycles. The second-order valence-corrected chi connectivity index (χ2v) is 7.14. The molecule has 0 aliphatic rings. The van der Waals surface area contributed by atoms with Gasteiger partial charge < -0.3 is 0 Å². The summed E-state index contributed by atoms with van der Waals surface area (Å²) in [6, 6.07) is 2.02. The average molecular weight is 307 g/mol. The number of rotatable bonds is 3. The van der Waals surface area contributed by atoms with Crippen molar-refractivity contribution < 1.29 is 0 Å². The van der Waals surface area contributed by atoms with E-state index in [1.807, 2.05) is 24.3 Å². The van der Waals surface area contributed by atoms with Crippen LogP contribution in [0.3, 0.4) is 0 Å². The zero-order valence-corrected chi connectivity index (χ0v) is 13.3. The second-order valence-electron chi connectivity index (χ2n) is 4.19. The van der Waals surface area contributed by atoms with Crippen molar-refractivity contribution in [1.29, 1.82) is 0 Å². The minimum absolute atomic E-state index is 1.08. The number of thiophene rings is 1. The van der Waals surface area contributed by atoms with Crippen molar-refractivity contribution in [2.45, 2.75) is 18.1 Å². The number of nitrogens with one attached hydrogen (secondary N) is 1. The Morgan fingerprint density at radius 2 is 2.16 bits per heavy atom. The Morgan fingerprint density at radius 1 is 1.32 bits per heavy atom. The number of hydrogen-bond donors (Lipinski definition) is 1. The Bertz CT molecular complexity index is 695. The van der Waals surface area contributed by atoms with Crippen LogP contribution in [-0.2, 0) is 0 Å². The number of thiazole rings is 1. The molecule has 0 bridgehead atoms. The fourth-order valence-electron chi connectivity index (χ4n) is 2.00. The molecule has 0 aliphatic carbocycles. The molecule has 0 radical (unpaired) electrons. The lowest BCUT2D eigenvalue weighted by molar-refractivity contribution is 1.09. The summed E-state index contributed by atoms with van der Waals surface area (Å²) in [5.41, 5.74) is 4.71.